The summed E-state index contributed by atoms with van der Waals surface area (Å²) in [7, 11) is 0. The largest absolute Gasteiger partial charge is 0.438 e. The Labute approximate surface area is 119 Å². The van der Waals surface area contributed by atoms with E-state index in [9.17, 15) is 4.79 Å². The molecule has 0 saturated heterocycles. The Morgan fingerprint density at radius 1 is 1.30 bits per heavy atom. The van der Waals surface area contributed by atoms with E-state index in [-0.39, 0.29) is 11.7 Å². The molecular weight excluding hydrogens is 274 g/mol. The molecule has 1 N–H and O–H groups in total. The standard InChI is InChI=1S/C14H11N3O2S/c1-9-2-4-10(5-3-9)11-7-20-14(16-11)17-13(18)12-6-15-8-19-12/h2-8H,1H3,(H,16,17,18). The van der Waals surface area contributed by atoms with E-state index in [0.29, 0.717) is 5.13 Å². The van der Waals surface area contributed by atoms with E-state index in [1.165, 1.54) is 29.5 Å². The summed E-state index contributed by atoms with van der Waals surface area (Å²) in [6.45, 7) is 2.04. The van der Waals surface area contributed by atoms with Gasteiger partial charge in [0.15, 0.2) is 11.5 Å². The summed E-state index contributed by atoms with van der Waals surface area (Å²) in [6.07, 6.45) is 2.58. The van der Waals surface area contributed by atoms with Crippen LogP contribution < -0.4 is 5.32 Å². The zero-order valence-electron chi connectivity index (χ0n) is 10.7. The maximum Gasteiger partial charge on any atom is 0.294 e. The van der Waals surface area contributed by atoms with E-state index in [1.54, 1.807) is 0 Å². The van der Waals surface area contributed by atoms with Crippen LogP contribution in [0.5, 0.6) is 0 Å². The Balaban J connectivity index is 1.77. The van der Waals surface area contributed by atoms with Crippen LogP contribution in [0.15, 0.2) is 46.7 Å². The van der Waals surface area contributed by atoms with Gasteiger partial charge < -0.3 is 4.42 Å². The number of carbonyl (C=O) groups excluding carboxylic acids is 1. The third-order valence-corrected chi connectivity index (χ3v) is 3.49. The first kappa shape index (κ1) is 12.6. The minimum absolute atomic E-state index is 0.164. The number of amides is 1. The number of aryl methyl sites for hydroxylation is 1. The Bertz CT molecular complexity index is 717. The van der Waals surface area contributed by atoms with Crippen LogP contribution in [-0.2, 0) is 0 Å². The van der Waals surface area contributed by atoms with Gasteiger partial charge in [0.1, 0.15) is 0 Å². The Kier molecular flexibility index (Phi) is 3.30. The van der Waals surface area contributed by atoms with Crippen LogP contribution >= 0.6 is 11.3 Å². The summed E-state index contributed by atoms with van der Waals surface area (Å²) >= 11 is 1.37. The topological polar surface area (TPSA) is 68.0 Å². The molecule has 6 heteroatoms. The van der Waals surface area contributed by atoms with Crippen molar-refractivity contribution >= 4 is 22.4 Å². The number of nitrogens with one attached hydrogen (secondary N) is 1. The van der Waals surface area contributed by atoms with Crippen molar-refractivity contribution in [3.63, 3.8) is 0 Å². The van der Waals surface area contributed by atoms with Crippen molar-refractivity contribution in [3.05, 3.63) is 53.6 Å². The molecule has 0 radical (unpaired) electrons. The highest BCUT2D eigenvalue weighted by molar-refractivity contribution is 7.14. The summed E-state index contributed by atoms with van der Waals surface area (Å²) in [5.41, 5.74) is 3.05. The molecule has 2 aromatic heterocycles. The van der Waals surface area contributed by atoms with Gasteiger partial charge in [-0.15, -0.1) is 11.3 Å². The number of benzene rings is 1. The number of nitrogens with zero attached hydrogens (tertiary/aromatic N) is 2. The zero-order valence-corrected chi connectivity index (χ0v) is 11.5. The van der Waals surface area contributed by atoms with Gasteiger partial charge in [-0.2, -0.15) is 0 Å². The molecule has 100 valence electrons. The predicted molar refractivity (Wildman–Crippen MR) is 76.7 cm³/mol. The minimum atomic E-state index is -0.354. The lowest BCUT2D eigenvalue weighted by molar-refractivity contribution is 0.0996. The molecule has 0 bridgehead atoms. The fraction of sp³-hybridized carbons (Fsp3) is 0.0714. The van der Waals surface area contributed by atoms with Gasteiger partial charge in [-0.3, -0.25) is 10.1 Å². The lowest BCUT2D eigenvalue weighted by Gasteiger charge is -1.98. The van der Waals surface area contributed by atoms with Gasteiger partial charge in [0.2, 0.25) is 5.76 Å². The first-order valence-electron chi connectivity index (χ1n) is 5.95. The third-order valence-electron chi connectivity index (χ3n) is 2.73. The molecule has 0 aliphatic heterocycles. The van der Waals surface area contributed by atoms with E-state index in [1.807, 2.05) is 36.6 Å². The summed E-state index contributed by atoms with van der Waals surface area (Å²) in [4.78, 5) is 19.9. The predicted octanol–water partition coefficient (Wildman–Crippen LogP) is 3.36. The number of carbonyl (C=O) groups is 1. The van der Waals surface area contributed by atoms with Crippen molar-refractivity contribution in [3.8, 4) is 11.3 Å². The molecule has 0 fully saturated rings. The van der Waals surface area contributed by atoms with Crippen LogP contribution in [0, 0.1) is 6.92 Å². The van der Waals surface area contributed by atoms with Gasteiger partial charge in [0.05, 0.1) is 11.9 Å². The highest BCUT2D eigenvalue weighted by Gasteiger charge is 2.12. The number of rotatable bonds is 3. The van der Waals surface area contributed by atoms with E-state index in [2.05, 4.69) is 15.3 Å². The maximum absolute atomic E-state index is 11.8. The van der Waals surface area contributed by atoms with Crippen LogP contribution in [0.3, 0.4) is 0 Å². The van der Waals surface area contributed by atoms with Crippen molar-refractivity contribution in [1.29, 1.82) is 0 Å². The van der Waals surface area contributed by atoms with Gasteiger partial charge in [-0.25, -0.2) is 9.97 Å². The Hall–Kier alpha value is -2.47. The maximum atomic E-state index is 11.8. The number of thiazole rings is 1. The third kappa shape index (κ3) is 2.60. The fourth-order valence-electron chi connectivity index (χ4n) is 1.67. The average molecular weight is 285 g/mol. The first-order chi connectivity index (χ1) is 9.72. The normalized spacial score (nSPS) is 10.4. The molecule has 20 heavy (non-hydrogen) atoms. The summed E-state index contributed by atoms with van der Waals surface area (Å²) in [5.74, 6) is -0.190. The van der Waals surface area contributed by atoms with E-state index >= 15 is 0 Å². The molecular formula is C14H11N3O2S. The zero-order chi connectivity index (χ0) is 13.9. The second kappa shape index (κ2) is 5.26. The molecule has 0 atom stereocenters. The average Bonchev–Trinajstić information content (AvgIpc) is 3.10. The summed E-state index contributed by atoms with van der Waals surface area (Å²) in [6, 6.07) is 8.07. The molecule has 2 heterocycles. The molecule has 3 aromatic rings. The number of aromatic nitrogens is 2. The van der Waals surface area contributed by atoms with Crippen molar-refractivity contribution in [2.45, 2.75) is 6.92 Å². The summed E-state index contributed by atoms with van der Waals surface area (Å²) in [5, 5.41) is 5.11. The molecule has 0 spiro atoms. The van der Waals surface area contributed by atoms with Gasteiger partial charge in [-0.1, -0.05) is 29.8 Å². The fourth-order valence-corrected chi connectivity index (χ4v) is 2.39. The smallest absolute Gasteiger partial charge is 0.294 e. The van der Waals surface area contributed by atoms with Crippen molar-refractivity contribution in [2.24, 2.45) is 0 Å². The highest BCUT2D eigenvalue weighted by Crippen LogP contribution is 2.25. The van der Waals surface area contributed by atoms with Gasteiger partial charge >= 0.3 is 0 Å². The minimum Gasteiger partial charge on any atom is -0.438 e. The first-order valence-corrected chi connectivity index (χ1v) is 6.83. The molecule has 1 aromatic carbocycles. The monoisotopic (exact) mass is 285 g/mol. The van der Waals surface area contributed by atoms with E-state index in [0.717, 1.165) is 11.3 Å². The van der Waals surface area contributed by atoms with Crippen LogP contribution in [-0.4, -0.2) is 15.9 Å². The van der Waals surface area contributed by atoms with E-state index < -0.39 is 0 Å². The lowest BCUT2D eigenvalue weighted by atomic mass is 10.1. The lowest BCUT2D eigenvalue weighted by Crippen LogP contribution is -2.10. The van der Waals surface area contributed by atoms with Crippen LogP contribution in [0.4, 0.5) is 5.13 Å². The summed E-state index contributed by atoms with van der Waals surface area (Å²) < 4.78 is 4.93. The highest BCUT2D eigenvalue weighted by atomic mass is 32.1. The number of oxazole rings is 1. The Morgan fingerprint density at radius 3 is 2.80 bits per heavy atom. The second-order valence-electron chi connectivity index (χ2n) is 4.22. The van der Waals surface area contributed by atoms with Crippen molar-refractivity contribution in [1.82, 2.24) is 9.97 Å². The van der Waals surface area contributed by atoms with Crippen LogP contribution in [0.25, 0.3) is 11.3 Å². The molecule has 3 rings (SSSR count). The molecule has 1 amide bonds. The molecule has 5 nitrogen and oxygen atoms in total. The SMILES string of the molecule is Cc1ccc(-c2csc(NC(=O)c3cnco3)n2)cc1. The number of anilines is 1. The quantitative estimate of drug-likeness (QED) is 0.801. The van der Waals surface area contributed by atoms with Crippen molar-refractivity contribution in [2.75, 3.05) is 5.32 Å². The molecule has 0 unspecified atom stereocenters. The van der Waals surface area contributed by atoms with Gasteiger partial charge in [0.25, 0.3) is 5.91 Å². The Morgan fingerprint density at radius 2 is 2.10 bits per heavy atom. The van der Waals surface area contributed by atoms with E-state index in [4.69, 9.17) is 4.42 Å². The molecule has 0 aliphatic rings. The van der Waals surface area contributed by atoms with Gasteiger partial charge in [0, 0.05) is 10.9 Å². The number of hydrogen-bond donors (Lipinski definition) is 1. The van der Waals surface area contributed by atoms with Gasteiger partial charge in [-0.05, 0) is 6.92 Å². The molecule has 0 saturated carbocycles. The molecule has 0 aliphatic carbocycles. The van der Waals surface area contributed by atoms with Crippen molar-refractivity contribution < 1.29 is 9.21 Å². The second-order valence-corrected chi connectivity index (χ2v) is 5.08. The van der Waals surface area contributed by atoms with Crippen LogP contribution in [0.2, 0.25) is 0 Å². The van der Waals surface area contributed by atoms with Crippen LogP contribution in [0.1, 0.15) is 16.1 Å². The number of hydrogen-bond acceptors (Lipinski definition) is 5.